The minimum Gasteiger partial charge on any atom is -0.441 e. The summed E-state index contributed by atoms with van der Waals surface area (Å²) in [6.07, 6.45) is 0.272. The summed E-state index contributed by atoms with van der Waals surface area (Å²) in [7, 11) is 1.61. The molecule has 0 saturated carbocycles. The van der Waals surface area contributed by atoms with Gasteiger partial charge in [0.15, 0.2) is 6.10 Å². The van der Waals surface area contributed by atoms with Crippen LogP contribution in [0.2, 0.25) is 0 Å². The van der Waals surface area contributed by atoms with Crippen molar-refractivity contribution in [2.75, 3.05) is 25.6 Å². The molecule has 0 bridgehead atoms. The highest BCUT2D eigenvalue weighted by Gasteiger charge is 2.50. The largest absolute Gasteiger partial charge is 0.441 e. The topological polar surface area (TPSA) is 96.7 Å². The fourth-order valence-electron chi connectivity index (χ4n) is 3.27. The van der Waals surface area contributed by atoms with Gasteiger partial charge >= 0.3 is 6.09 Å². The maximum absolute atomic E-state index is 12.1. The van der Waals surface area contributed by atoms with Gasteiger partial charge in [-0.05, 0) is 12.1 Å². The van der Waals surface area contributed by atoms with Gasteiger partial charge in [0, 0.05) is 12.8 Å². The van der Waals surface area contributed by atoms with Crippen molar-refractivity contribution in [1.29, 1.82) is 0 Å². The standard InChI is InChI=1S/C17H20N4O5/c1-23-8-12-7-21(20-19-12)13-9-24-16-14(10-25-15(13)16)26-17(22)18-11-5-3-2-4-6-11/h2-7,13-16H,8-10H2,1H3,(H,18,22). The van der Waals surface area contributed by atoms with E-state index in [0.29, 0.717) is 18.9 Å². The minimum atomic E-state index is -0.527. The van der Waals surface area contributed by atoms with Crippen molar-refractivity contribution in [3.05, 3.63) is 42.2 Å². The van der Waals surface area contributed by atoms with Crippen LogP contribution in [0.25, 0.3) is 0 Å². The van der Waals surface area contributed by atoms with Crippen molar-refractivity contribution in [2.24, 2.45) is 0 Å². The van der Waals surface area contributed by atoms with Crippen molar-refractivity contribution in [3.63, 3.8) is 0 Å². The monoisotopic (exact) mass is 360 g/mol. The predicted molar refractivity (Wildman–Crippen MR) is 89.6 cm³/mol. The maximum Gasteiger partial charge on any atom is 0.412 e. The van der Waals surface area contributed by atoms with Gasteiger partial charge in [-0.2, -0.15) is 0 Å². The molecule has 0 aliphatic carbocycles. The molecule has 4 unspecified atom stereocenters. The zero-order valence-corrected chi connectivity index (χ0v) is 14.3. The van der Waals surface area contributed by atoms with Crippen molar-refractivity contribution in [3.8, 4) is 0 Å². The maximum atomic E-state index is 12.1. The normalized spacial score (nSPS) is 27.3. The van der Waals surface area contributed by atoms with E-state index < -0.39 is 12.2 Å². The first kappa shape index (κ1) is 17.0. The SMILES string of the molecule is COCc1cn(C2COC3C(OC(=O)Nc4ccccc4)COC32)nn1. The quantitative estimate of drug-likeness (QED) is 0.860. The number of amides is 1. The van der Waals surface area contributed by atoms with E-state index in [9.17, 15) is 4.79 Å². The number of carbonyl (C=O) groups is 1. The molecule has 0 radical (unpaired) electrons. The number of benzene rings is 1. The Labute approximate surface area is 150 Å². The van der Waals surface area contributed by atoms with Gasteiger partial charge in [-0.1, -0.05) is 23.4 Å². The molecular formula is C17H20N4O5. The third-order valence-electron chi connectivity index (χ3n) is 4.45. The number of aromatic nitrogens is 3. The van der Waals surface area contributed by atoms with Gasteiger partial charge < -0.3 is 18.9 Å². The molecule has 2 aromatic rings. The first-order valence-electron chi connectivity index (χ1n) is 8.40. The van der Waals surface area contributed by atoms with E-state index in [1.807, 2.05) is 24.4 Å². The van der Waals surface area contributed by atoms with Crippen LogP contribution in [-0.4, -0.2) is 59.7 Å². The Hall–Kier alpha value is -2.49. The van der Waals surface area contributed by atoms with Gasteiger partial charge in [-0.3, -0.25) is 5.32 Å². The number of para-hydroxylation sites is 1. The molecule has 3 heterocycles. The third kappa shape index (κ3) is 3.41. The smallest absolute Gasteiger partial charge is 0.412 e. The van der Waals surface area contributed by atoms with E-state index in [1.165, 1.54) is 0 Å². The van der Waals surface area contributed by atoms with E-state index in [0.717, 1.165) is 5.69 Å². The summed E-state index contributed by atoms with van der Waals surface area (Å²) in [6, 6.07) is 9.03. The lowest BCUT2D eigenvalue weighted by Gasteiger charge is -2.17. The number of fused-ring (bicyclic) bond motifs is 1. The molecule has 2 fully saturated rings. The number of nitrogens with one attached hydrogen (secondary N) is 1. The molecule has 4 atom stereocenters. The third-order valence-corrected chi connectivity index (χ3v) is 4.45. The second-order valence-electron chi connectivity index (χ2n) is 6.22. The summed E-state index contributed by atoms with van der Waals surface area (Å²) in [6.45, 7) is 1.10. The van der Waals surface area contributed by atoms with Crippen molar-refractivity contribution in [1.82, 2.24) is 15.0 Å². The molecule has 0 spiro atoms. The fourth-order valence-corrected chi connectivity index (χ4v) is 3.27. The molecule has 1 aromatic carbocycles. The van der Waals surface area contributed by atoms with Crippen molar-refractivity contribution >= 4 is 11.8 Å². The van der Waals surface area contributed by atoms with Crippen LogP contribution in [0.5, 0.6) is 0 Å². The van der Waals surface area contributed by atoms with E-state index in [-0.39, 0.29) is 24.9 Å². The highest BCUT2D eigenvalue weighted by molar-refractivity contribution is 5.84. The molecule has 4 rings (SSSR count). The number of rotatable bonds is 5. The Bertz CT molecular complexity index is 753. The van der Waals surface area contributed by atoms with E-state index in [1.54, 1.807) is 23.9 Å². The molecule has 1 N–H and O–H groups in total. The number of anilines is 1. The Morgan fingerprint density at radius 1 is 1.27 bits per heavy atom. The van der Waals surface area contributed by atoms with Crippen LogP contribution in [0, 0.1) is 0 Å². The number of carbonyl (C=O) groups excluding carboxylic acids is 1. The lowest BCUT2D eigenvalue weighted by molar-refractivity contribution is 0.00770. The van der Waals surface area contributed by atoms with Crippen LogP contribution >= 0.6 is 0 Å². The van der Waals surface area contributed by atoms with E-state index in [2.05, 4.69) is 15.6 Å². The van der Waals surface area contributed by atoms with Gasteiger partial charge in [0.05, 0.1) is 26.0 Å². The van der Waals surface area contributed by atoms with Crippen LogP contribution in [0.15, 0.2) is 36.5 Å². The van der Waals surface area contributed by atoms with Gasteiger partial charge in [0.1, 0.15) is 23.9 Å². The molecule has 2 aliphatic rings. The molecule has 138 valence electrons. The van der Waals surface area contributed by atoms with Crippen molar-refractivity contribution in [2.45, 2.75) is 31.0 Å². The Morgan fingerprint density at radius 3 is 2.88 bits per heavy atom. The highest BCUT2D eigenvalue weighted by Crippen LogP contribution is 2.35. The van der Waals surface area contributed by atoms with E-state index in [4.69, 9.17) is 18.9 Å². The number of hydrogen-bond acceptors (Lipinski definition) is 7. The number of nitrogens with zero attached hydrogens (tertiary/aromatic N) is 3. The Morgan fingerprint density at radius 2 is 2.08 bits per heavy atom. The summed E-state index contributed by atoms with van der Waals surface area (Å²) in [5.41, 5.74) is 1.41. The van der Waals surface area contributed by atoms with E-state index >= 15 is 0 Å². The first-order chi connectivity index (χ1) is 12.7. The van der Waals surface area contributed by atoms with Gasteiger partial charge in [-0.25, -0.2) is 9.48 Å². The van der Waals surface area contributed by atoms with Gasteiger partial charge in [0.25, 0.3) is 0 Å². The van der Waals surface area contributed by atoms with Crippen LogP contribution in [0.4, 0.5) is 10.5 Å². The first-order valence-corrected chi connectivity index (χ1v) is 8.40. The molecule has 9 heteroatoms. The minimum absolute atomic E-state index is 0.108. The van der Waals surface area contributed by atoms with Crippen molar-refractivity contribution < 1.29 is 23.7 Å². The van der Waals surface area contributed by atoms with Crippen LogP contribution in [0.3, 0.4) is 0 Å². The lowest BCUT2D eigenvalue weighted by atomic mass is 10.1. The molecule has 2 saturated heterocycles. The summed E-state index contributed by atoms with van der Waals surface area (Å²) in [5.74, 6) is 0. The zero-order chi connectivity index (χ0) is 17.9. The molecule has 1 aromatic heterocycles. The van der Waals surface area contributed by atoms with Crippen LogP contribution in [-0.2, 0) is 25.6 Å². The second kappa shape index (κ2) is 7.40. The predicted octanol–water partition coefficient (Wildman–Crippen LogP) is 1.38. The summed E-state index contributed by atoms with van der Waals surface area (Å²) in [4.78, 5) is 12.1. The molecule has 26 heavy (non-hydrogen) atoms. The van der Waals surface area contributed by atoms with Gasteiger partial charge in [0.2, 0.25) is 0 Å². The average Bonchev–Trinajstić information content (AvgIpc) is 3.34. The molecule has 9 nitrogen and oxygen atoms in total. The summed E-state index contributed by atoms with van der Waals surface area (Å²) in [5, 5.41) is 10.9. The molecule has 1 amide bonds. The number of methoxy groups -OCH3 is 1. The number of ether oxygens (including phenoxy) is 4. The summed E-state index contributed by atoms with van der Waals surface area (Å²) >= 11 is 0. The van der Waals surface area contributed by atoms with Crippen LogP contribution < -0.4 is 5.32 Å². The highest BCUT2D eigenvalue weighted by atomic mass is 16.6. The van der Waals surface area contributed by atoms with Gasteiger partial charge in [-0.15, -0.1) is 5.10 Å². The second-order valence-corrected chi connectivity index (χ2v) is 6.22. The molecule has 2 aliphatic heterocycles. The Kier molecular flexibility index (Phi) is 4.83. The fraction of sp³-hybridized carbons (Fsp3) is 0.471. The number of hydrogen-bond donors (Lipinski definition) is 1. The zero-order valence-electron chi connectivity index (χ0n) is 14.3. The lowest BCUT2D eigenvalue weighted by Crippen LogP contribution is -2.34. The van der Waals surface area contributed by atoms with Crippen LogP contribution in [0.1, 0.15) is 11.7 Å². The summed E-state index contributed by atoms with van der Waals surface area (Å²) < 4.78 is 23.9. The average molecular weight is 360 g/mol. The molecular weight excluding hydrogens is 340 g/mol. The Balaban J connectivity index is 1.36.